The van der Waals surface area contributed by atoms with E-state index in [1.165, 1.54) is 5.56 Å². The number of hydrogen-bond acceptors (Lipinski definition) is 3. The van der Waals surface area contributed by atoms with Gasteiger partial charge in [-0.05, 0) is 38.4 Å². The van der Waals surface area contributed by atoms with Crippen molar-refractivity contribution < 1.29 is 14.3 Å². The topological polar surface area (TPSA) is 53.7 Å². The first kappa shape index (κ1) is 14.9. The summed E-state index contributed by atoms with van der Waals surface area (Å²) in [5.74, 6) is 0.924. The van der Waals surface area contributed by atoms with Gasteiger partial charge >= 0.3 is 5.97 Å². The Morgan fingerprint density at radius 2 is 2.00 bits per heavy atom. The van der Waals surface area contributed by atoms with Crippen molar-refractivity contribution in [3.63, 3.8) is 0 Å². The molecule has 1 aliphatic heterocycles. The van der Waals surface area contributed by atoms with Crippen molar-refractivity contribution in [2.24, 2.45) is 0 Å². The third-order valence-electron chi connectivity index (χ3n) is 4.26. The smallest absolute Gasteiger partial charge is 0.320 e. The summed E-state index contributed by atoms with van der Waals surface area (Å²) in [6.07, 6.45) is 2.76. The predicted octanol–water partition coefficient (Wildman–Crippen LogP) is 3.69. The van der Waals surface area contributed by atoms with Gasteiger partial charge in [0, 0.05) is 5.56 Å². The van der Waals surface area contributed by atoms with Gasteiger partial charge in [0.2, 0.25) is 0 Å². The molecule has 0 spiro atoms. The number of benzene rings is 1. The lowest BCUT2D eigenvalue weighted by molar-refractivity contribution is -0.144. The van der Waals surface area contributed by atoms with E-state index in [2.05, 4.69) is 19.1 Å². The Bertz CT molecular complexity index is 645. The molecular formula is C18H21NO3. The molecule has 22 heavy (non-hydrogen) atoms. The summed E-state index contributed by atoms with van der Waals surface area (Å²) < 4.78 is 5.91. The van der Waals surface area contributed by atoms with E-state index in [4.69, 9.17) is 4.42 Å². The summed E-state index contributed by atoms with van der Waals surface area (Å²) in [6, 6.07) is 11.7. The minimum atomic E-state index is -0.731. The standard InChI is InChI=1S/C18H21NO3/c1-13-5-7-14(8-6-13)17-10-9-15(22-17)12-19-11-3-2-4-16(19)18(20)21/h5-10,16H,2-4,11-12H2,1H3,(H,20,21). The van der Waals surface area contributed by atoms with Crippen molar-refractivity contribution in [2.45, 2.75) is 38.8 Å². The van der Waals surface area contributed by atoms with Crippen LogP contribution in [0.25, 0.3) is 11.3 Å². The maximum atomic E-state index is 11.3. The minimum Gasteiger partial charge on any atom is -0.480 e. The summed E-state index contributed by atoms with van der Waals surface area (Å²) >= 11 is 0. The molecule has 2 heterocycles. The Balaban J connectivity index is 1.73. The Morgan fingerprint density at radius 3 is 2.73 bits per heavy atom. The summed E-state index contributed by atoms with van der Waals surface area (Å²) in [5.41, 5.74) is 2.26. The van der Waals surface area contributed by atoms with E-state index < -0.39 is 5.97 Å². The molecule has 4 nitrogen and oxygen atoms in total. The van der Waals surface area contributed by atoms with Crippen LogP contribution in [-0.4, -0.2) is 28.6 Å². The lowest BCUT2D eigenvalue weighted by Crippen LogP contribution is -2.43. The monoisotopic (exact) mass is 299 g/mol. The highest BCUT2D eigenvalue weighted by atomic mass is 16.4. The molecular weight excluding hydrogens is 278 g/mol. The van der Waals surface area contributed by atoms with Crippen LogP contribution in [0.4, 0.5) is 0 Å². The van der Waals surface area contributed by atoms with Crippen LogP contribution >= 0.6 is 0 Å². The van der Waals surface area contributed by atoms with Gasteiger partial charge in [0.15, 0.2) is 0 Å². The molecule has 0 bridgehead atoms. The SMILES string of the molecule is Cc1ccc(-c2ccc(CN3CCCCC3C(=O)O)o2)cc1. The molecule has 1 aromatic heterocycles. The molecule has 1 fully saturated rings. The molecule has 1 aromatic carbocycles. The molecule has 0 amide bonds. The molecule has 116 valence electrons. The number of hydrogen-bond donors (Lipinski definition) is 1. The fourth-order valence-corrected chi connectivity index (χ4v) is 3.00. The fraction of sp³-hybridized carbons (Fsp3) is 0.389. The molecule has 0 aliphatic carbocycles. The van der Waals surface area contributed by atoms with Gasteiger partial charge in [-0.3, -0.25) is 9.69 Å². The van der Waals surface area contributed by atoms with Gasteiger partial charge in [-0.25, -0.2) is 0 Å². The lowest BCUT2D eigenvalue weighted by Gasteiger charge is -2.31. The average molecular weight is 299 g/mol. The number of furan rings is 1. The molecule has 1 N–H and O–H groups in total. The van der Waals surface area contributed by atoms with Gasteiger partial charge in [-0.2, -0.15) is 0 Å². The van der Waals surface area contributed by atoms with Crippen molar-refractivity contribution in [1.82, 2.24) is 4.90 Å². The van der Waals surface area contributed by atoms with E-state index in [0.29, 0.717) is 6.54 Å². The van der Waals surface area contributed by atoms with Crippen molar-refractivity contribution >= 4 is 5.97 Å². The first-order chi connectivity index (χ1) is 10.6. The van der Waals surface area contributed by atoms with Crippen LogP contribution in [0.5, 0.6) is 0 Å². The zero-order chi connectivity index (χ0) is 15.5. The second-order valence-corrected chi connectivity index (χ2v) is 5.95. The number of carboxylic acid groups (broad SMARTS) is 1. The average Bonchev–Trinajstić information content (AvgIpc) is 2.97. The number of carboxylic acids is 1. The van der Waals surface area contributed by atoms with Crippen molar-refractivity contribution in [3.8, 4) is 11.3 Å². The van der Waals surface area contributed by atoms with E-state index in [9.17, 15) is 9.90 Å². The molecule has 1 saturated heterocycles. The van der Waals surface area contributed by atoms with Crippen LogP contribution < -0.4 is 0 Å². The van der Waals surface area contributed by atoms with E-state index >= 15 is 0 Å². The van der Waals surface area contributed by atoms with Gasteiger partial charge in [0.05, 0.1) is 6.54 Å². The van der Waals surface area contributed by atoms with Gasteiger partial charge in [-0.15, -0.1) is 0 Å². The van der Waals surface area contributed by atoms with Gasteiger partial charge in [-0.1, -0.05) is 36.2 Å². The van der Waals surface area contributed by atoms with Crippen LogP contribution in [0.15, 0.2) is 40.8 Å². The molecule has 2 aromatic rings. The summed E-state index contributed by atoms with van der Waals surface area (Å²) in [4.78, 5) is 13.3. The molecule has 3 rings (SSSR count). The van der Waals surface area contributed by atoms with Gasteiger partial charge in [0.1, 0.15) is 17.6 Å². The third-order valence-corrected chi connectivity index (χ3v) is 4.26. The zero-order valence-electron chi connectivity index (χ0n) is 12.8. The molecule has 1 unspecified atom stereocenters. The Morgan fingerprint density at radius 1 is 1.23 bits per heavy atom. The molecule has 0 radical (unpaired) electrons. The van der Waals surface area contributed by atoms with Crippen LogP contribution in [0, 0.1) is 6.92 Å². The minimum absolute atomic E-state index is 0.387. The van der Waals surface area contributed by atoms with Crippen LogP contribution in [0.1, 0.15) is 30.6 Å². The van der Waals surface area contributed by atoms with E-state index in [-0.39, 0.29) is 6.04 Å². The molecule has 1 aliphatic rings. The maximum Gasteiger partial charge on any atom is 0.320 e. The number of carbonyl (C=O) groups is 1. The summed E-state index contributed by atoms with van der Waals surface area (Å²) in [7, 11) is 0. The fourth-order valence-electron chi connectivity index (χ4n) is 3.00. The normalized spacial score (nSPS) is 19.2. The number of nitrogens with zero attached hydrogens (tertiary/aromatic N) is 1. The van der Waals surface area contributed by atoms with E-state index in [1.54, 1.807) is 0 Å². The second-order valence-electron chi connectivity index (χ2n) is 5.95. The van der Waals surface area contributed by atoms with Crippen LogP contribution in [-0.2, 0) is 11.3 Å². The molecule has 4 heteroatoms. The number of piperidine rings is 1. The predicted molar refractivity (Wildman–Crippen MR) is 84.6 cm³/mol. The molecule has 1 atom stereocenters. The highest BCUT2D eigenvalue weighted by molar-refractivity contribution is 5.73. The van der Waals surface area contributed by atoms with Crippen molar-refractivity contribution in [2.75, 3.05) is 6.54 Å². The Hall–Kier alpha value is -2.07. The highest BCUT2D eigenvalue weighted by Crippen LogP contribution is 2.25. The van der Waals surface area contributed by atoms with Gasteiger partial charge < -0.3 is 9.52 Å². The first-order valence-corrected chi connectivity index (χ1v) is 7.76. The zero-order valence-corrected chi connectivity index (χ0v) is 12.8. The number of aliphatic carboxylic acids is 1. The Kier molecular flexibility index (Phi) is 4.29. The largest absolute Gasteiger partial charge is 0.480 e. The second kappa shape index (κ2) is 6.36. The summed E-state index contributed by atoms with van der Waals surface area (Å²) in [6.45, 7) is 3.43. The highest BCUT2D eigenvalue weighted by Gasteiger charge is 2.28. The van der Waals surface area contributed by atoms with Crippen molar-refractivity contribution in [1.29, 1.82) is 0 Å². The van der Waals surface area contributed by atoms with E-state index in [0.717, 1.165) is 42.9 Å². The van der Waals surface area contributed by atoms with Crippen LogP contribution in [0.2, 0.25) is 0 Å². The number of likely N-dealkylation sites (tertiary alicyclic amines) is 1. The van der Waals surface area contributed by atoms with E-state index in [1.807, 2.05) is 29.2 Å². The maximum absolute atomic E-state index is 11.3. The lowest BCUT2D eigenvalue weighted by atomic mass is 10.0. The van der Waals surface area contributed by atoms with Crippen LogP contribution in [0.3, 0.4) is 0 Å². The quantitative estimate of drug-likeness (QED) is 0.935. The van der Waals surface area contributed by atoms with Gasteiger partial charge in [0.25, 0.3) is 0 Å². The third kappa shape index (κ3) is 3.22. The molecule has 0 saturated carbocycles. The number of rotatable bonds is 4. The first-order valence-electron chi connectivity index (χ1n) is 7.76. The summed E-state index contributed by atoms with van der Waals surface area (Å²) in [5, 5.41) is 9.32. The number of aryl methyl sites for hydroxylation is 1. The van der Waals surface area contributed by atoms with Crippen molar-refractivity contribution in [3.05, 3.63) is 47.7 Å². The Labute approximate surface area is 130 Å².